The molecule has 3 amide bonds. The van der Waals surface area contributed by atoms with Crippen LogP contribution in [0.1, 0.15) is 68.0 Å². The minimum atomic E-state index is -0.829. The second-order valence-corrected chi connectivity index (χ2v) is 14.9. The van der Waals surface area contributed by atoms with Gasteiger partial charge in [-0.15, -0.1) is 11.3 Å². The summed E-state index contributed by atoms with van der Waals surface area (Å²) in [5.41, 5.74) is 16.8. The van der Waals surface area contributed by atoms with Gasteiger partial charge in [-0.2, -0.15) is 0 Å². The van der Waals surface area contributed by atoms with Gasteiger partial charge in [0, 0.05) is 38.0 Å². The predicted molar refractivity (Wildman–Crippen MR) is 202 cm³/mol. The van der Waals surface area contributed by atoms with Gasteiger partial charge >= 0.3 is 0 Å². The second kappa shape index (κ2) is 18.5. The van der Waals surface area contributed by atoms with Crippen LogP contribution in [0.2, 0.25) is 5.02 Å². The zero-order valence-corrected chi connectivity index (χ0v) is 31.7. The summed E-state index contributed by atoms with van der Waals surface area (Å²) in [6, 6.07) is 13.8. The van der Waals surface area contributed by atoms with Crippen LogP contribution in [-0.4, -0.2) is 75.8 Å². The van der Waals surface area contributed by atoms with Crippen LogP contribution in [0.4, 0.5) is 0 Å². The van der Waals surface area contributed by atoms with Crippen LogP contribution in [0.25, 0.3) is 10.4 Å². The number of nitrogens with two attached hydrogens (primary N) is 2. The van der Waals surface area contributed by atoms with E-state index in [4.69, 9.17) is 37.1 Å². The maximum Gasteiger partial charge on any atom is 0.254 e. The molecule has 53 heavy (non-hydrogen) atoms. The number of carbonyl (C=O) groups is 3. The number of nitrogens with one attached hydrogen (secondary N) is 1. The fraction of sp³-hybridized carbons (Fsp3) is 0.447. The summed E-state index contributed by atoms with van der Waals surface area (Å²) in [6.07, 6.45) is 1.12. The Bertz CT molecular complexity index is 1850. The molecule has 1 aliphatic heterocycles. The van der Waals surface area contributed by atoms with E-state index >= 15 is 0 Å². The van der Waals surface area contributed by atoms with E-state index in [-0.39, 0.29) is 62.2 Å². The molecule has 2 aromatic heterocycles. The lowest BCUT2D eigenvalue weighted by Gasteiger charge is -2.28. The van der Waals surface area contributed by atoms with E-state index in [1.54, 1.807) is 23.5 Å². The summed E-state index contributed by atoms with van der Waals surface area (Å²) >= 11 is 8.17. The summed E-state index contributed by atoms with van der Waals surface area (Å²) in [4.78, 5) is 45.2. The molecule has 0 radical (unpaired) electrons. The average molecular weight is 767 g/mol. The van der Waals surface area contributed by atoms with E-state index in [0.29, 0.717) is 42.4 Å². The number of β-amino-alcohol motifs (C(OH)–C–C–N with tert-alkyl or cyclic N) is 1. The number of likely N-dealkylation sites (tertiary alicyclic amines) is 1. The highest BCUT2D eigenvalue weighted by atomic mass is 35.5. The van der Waals surface area contributed by atoms with Crippen molar-refractivity contribution in [2.24, 2.45) is 17.4 Å². The first-order valence-corrected chi connectivity index (χ1v) is 19.0. The van der Waals surface area contributed by atoms with Crippen LogP contribution < -0.4 is 26.3 Å². The van der Waals surface area contributed by atoms with Gasteiger partial charge < -0.3 is 40.8 Å². The first kappa shape index (κ1) is 39.7. The number of hydrogen-bond acceptors (Lipinski definition) is 11. The van der Waals surface area contributed by atoms with Crippen LogP contribution in [0.15, 0.2) is 58.6 Å². The molecule has 13 nitrogen and oxygen atoms in total. The van der Waals surface area contributed by atoms with Gasteiger partial charge in [0.05, 0.1) is 33.8 Å². The largest absolute Gasteiger partial charge is 0.490 e. The number of aliphatic hydroxyl groups excluding tert-OH is 1. The van der Waals surface area contributed by atoms with Crippen molar-refractivity contribution in [2.45, 2.75) is 83.5 Å². The van der Waals surface area contributed by atoms with Crippen LogP contribution >= 0.6 is 22.9 Å². The smallest absolute Gasteiger partial charge is 0.254 e. The van der Waals surface area contributed by atoms with Gasteiger partial charge in [0.2, 0.25) is 17.7 Å². The summed E-state index contributed by atoms with van der Waals surface area (Å²) < 4.78 is 17.3. The first-order chi connectivity index (χ1) is 25.4. The van der Waals surface area contributed by atoms with Crippen molar-refractivity contribution in [1.29, 1.82) is 0 Å². The van der Waals surface area contributed by atoms with Crippen molar-refractivity contribution >= 4 is 40.7 Å². The Morgan fingerprint density at radius 3 is 2.64 bits per heavy atom. The lowest BCUT2D eigenvalue weighted by atomic mass is 9.91. The van der Waals surface area contributed by atoms with Gasteiger partial charge in [-0.25, -0.2) is 4.98 Å². The highest BCUT2D eigenvalue weighted by molar-refractivity contribution is 7.13. The number of aromatic nitrogens is 2. The molecule has 284 valence electrons. The van der Waals surface area contributed by atoms with Gasteiger partial charge in [0.15, 0.2) is 5.76 Å². The molecule has 1 fully saturated rings. The molecule has 3 heterocycles. The molecular weight excluding hydrogens is 720 g/mol. The number of amides is 3. The van der Waals surface area contributed by atoms with Crippen LogP contribution in [0, 0.1) is 12.8 Å². The lowest BCUT2D eigenvalue weighted by Crippen LogP contribution is -2.48. The Kier molecular flexibility index (Phi) is 13.9. The summed E-state index contributed by atoms with van der Waals surface area (Å²) in [5.74, 6) is -0.946. The van der Waals surface area contributed by atoms with Gasteiger partial charge in [0.1, 0.15) is 24.3 Å². The van der Waals surface area contributed by atoms with E-state index in [0.717, 1.165) is 27.3 Å². The number of primary amides is 1. The van der Waals surface area contributed by atoms with Crippen molar-refractivity contribution in [1.82, 2.24) is 20.4 Å². The Balaban J connectivity index is 1.13. The number of aryl methyl sites for hydroxylation is 2. The summed E-state index contributed by atoms with van der Waals surface area (Å²) in [5, 5.41) is 18.0. The number of nitrogens with zero attached hydrogens (tertiary/aromatic N) is 3. The topological polar surface area (TPSA) is 196 Å². The molecule has 1 aliphatic rings. The molecule has 2 aromatic carbocycles. The molecule has 15 heteroatoms. The van der Waals surface area contributed by atoms with Crippen LogP contribution in [-0.2, 0) is 27.3 Å². The minimum absolute atomic E-state index is 0.0391. The molecule has 0 bridgehead atoms. The van der Waals surface area contributed by atoms with Gasteiger partial charge in [0.25, 0.3) is 5.88 Å². The van der Waals surface area contributed by atoms with E-state index in [9.17, 15) is 19.5 Å². The molecule has 4 atom stereocenters. The molecule has 1 saturated heterocycles. The van der Waals surface area contributed by atoms with E-state index in [1.807, 2.05) is 62.7 Å². The SMILES string of the molecule is Cc1ncsc1-c1ccc(CNC(=O)[C@@H]2C[C@@H](O)CN2C(=O)[C@@H](c2cc(OCCCc3cccc(OC[C@@H](N)CCC(N)=O)c3Cl)no2)C(C)C)cc1. The van der Waals surface area contributed by atoms with E-state index < -0.39 is 24.0 Å². The second-order valence-electron chi connectivity index (χ2n) is 13.6. The highest BCUT2D eigenvalue weighted by Gasteiger charge is 2.43. The monoisotopic (exact) mass is 766 g/mol. The van der Waals surface area contributed by atoms with E-state index in [2.05, 4.69) is 15.5 Å². The van der Waals surface area contributed by atoms with Gasteiger partial charge in [-0.3, -0.25) is 14.4 Å². The zero-order valence-electron chi connectivity index (χ0n) is 30.1. The predicted octanol–water partition coefficient (Wildman–Crippen LogP) is 4.76. The molecule has 6 N–H and O–H groups in total. The number of halogens is 1. The number of benzene rings is 2. The Morgan fingerprint density at radius 1 is 1.17 bits per heavy atom. The number of rotatable bonds is 18. The molecule has 0 unspecified atom stereocenters. The van der Waals surface area contributed by atoms with Crippen molar-refractivity contribution in [2.75, 3.05) is 19.8 Å². The number of ether oxygens (including phenoxy) is 2. The molecule has 0 saturated carbocycles. The standard InChI is InChI=1S/C38H47ClN6O7S/c1-22(2)34(31-17-33(44-52-31)50-15-5-7-25-6-4-8-30(35(25)39)51-20-27(40)13-14-32(41)47)38(49)45-19-28(46)16-29(45)37(48)42-18-24-9-11-26(12-10-24)36-23(3)43-21-53-36/h4,6,8-12,17,21-22,27-29,34,46H,5,7,13-16,18-20,40H2,1-3H3,(H2,41,47)(H,42,48)/t27-,28+,29-,34+/m0/s1. The van der Waals surface area contributed by atoms with Crippen molar-refractivity contribution in [3.63, 3.8) is 0 Å². The van der Waals surface area contributed by atoms with E-state index in [1.165, 1.54) is 4.90 Å². The number of aliphatic hydroxyl groups is 1. The molecular formula is C38H47ClN6O7S. The molecule has 0 aliphatic carbocycles. The quantitative estimate of drug-likeness (QED) is 0.103. The fourth-order valence-electron chi connectivity index (χ4n) is 6.27. The van der Waals surface area contributed by atoms with Crippen LogP contribution in [0.3, 0.4) is 0 Å². The zero-order chi connectivity index (χ0) is 38.1. The minimum Gasteiger partial charge on any atom is -0.490 e. The summed E-state index contributed by atoms with van der Waals surface area (Å²) in [7, 11) is 0. The normalized spacial score (nSPS) is 16.8. The van der Waals surface area contributed by atoms with Gasteiger partial charge in [-0.1, -0.05) is 61.8 Å². The van der Waals surface area contributed by atoms with Crippen molar-refractivity contribution < 1.29 is 33.5 Å². The highest BCUT2D eigenvalue weighted by Crippen LogP contribution is 2.33. The maximum absolute atomic E-state index is 14.0. The average Bonchev–Trinajstić information content (AvgIpc) is 3.88. The van der Waals surface area contributed by atoms with Crippen LogP contribution in [0.5, 0.6) is 11.6 Å². The third-order valence-electron chi connectivity index (χ3n) is 9.14. The fourth-order valence-corrected chi connectivity index (χ4v) is 7.36. The maximum atomic E-state index is 14.0. The third-order valence-corrected chi connectivity index (χ3v) is 10.5. The third kappa shape index (κ3) is 10.6. The summed E-state index contributed by atoms with van der Waals surface area (Å²) in [6.45, 7) is 6.58. The Morgan fingerprint density at radius 2 is 1.94 bits per heavy atom. The lowest BCUT2D eigenvalue weighted by molar-refractivity contribution is -0.141. The Labute approximate surface area is 318 Å². The molecule has 4 aromatic rings. The number of carbonyl (C=O) groups excluding carboxylic acids is 3. The molecule has 5 rings (SSSR count). The van der Waals surface area contributed by atoms with Gasteiger partial charge in [-0.05, 0) is 60.0 Å². The molecule has 0 spiro atoms. The Hall–Kier alpha value is -4.50. The van der Waals surface area contributed by atoms with Crippen molar-refractivity contribution in [3.8, 4) is 22.1 Å². The number of hydrogen-bond donors (Lipinski definition) is 4. The number of thiazole rings is 1. The first-order valence-electron chi connectivity index (χ1n) is 17.7. The van der Waals surface area contributed by atoms with Crippen molar-refractivity contribution in [3.05, 3.63) is 81.6 Å².